The first-order chi connectivity index (χ1) is 16.4. The van der Waals surface area contributed by atoms with E-state index in [1.165, 1.54) is 21.7 Å². The van der Waals surface area contributed by atoms with Gasteiger partial charge in [0.05, 0.1) is 6.61 Å². The van der Waals surface area contributed by atoms with Gasteiger partial charge in [-0.05, 0) is 45.2 Å². The van der Waals surface area contributed by atoms with Crippen molar-refractivity contribution in [1.82, 2.24) is 29.4 Å². The van der Waals surface area contributed by atoms with Crippen LogP contribution in [0.1, 0.15) is 30.9 Å². The van der Waals surface area contributed by atoms with Crippen molar-refractivity contribution in [2.75, 3.05) is 19.7 Å². The highest BCUT2D eigenvalue weighted by molar-refractivity contribution is 7.99. The fourth-order valence-electron chi connectivity index (χ4n) is 3.95. The zero-order chi connectivity index (χ0) is 24.2. The summed E-state index contributed by atoms with van der Waals surface area (Å²) in [6, 6.07) is 6.08. The van der Waals surface area contributed by atoms with Gasteiger partial charge < -0.3 is 15.0 Å². The quantitative estimate of drug-likeness (QED) is 0.572. The van der Waals surface area contributed by atoms with Crippen LogP contribution < -0.4 is 11.0 Å². The Morgan fingerprint density at radius 1 is 1.24 bits per heavy atom. The van der Waals surface area contributed by atoms with E-state index in [1.54, 1.807) is 24.2 Å². The number of likely N-dealkylation sites (tertiary alicyclic amines) is 1. The van der Waals surface area contributed by atoms with Crippen molar-refractivity contribution in [2.24, 2.45) is 0 Å². The Labute approximate surface area is 201 Å². The fraction of sp³-hybridized carbons (Fsp3) is 0.435. The molecule has 1 fully saturated rings. The molecule has 0 aliphatic carbocycles. The molecule has 1 aliphatic rings. The van der Waals surface area contributed by atoms with E-state index in [2.05, 4.69) is 21.5 Å². The number of hydrogen-bond acceptors (Lipinski definition) is 7. The van der Waals surface area contributed by atoms with Crippen molar-refractivity contribution < 1.29 is 14.3 Å². The molecule has 3 heterocycles. The third kappa shape index (κ3) is 5.24. The number of nitrogens with zero attached hydrogens (tertiary/aromatic N) is 5. The van der Waals surface area contributed by atoms with Gasteiger partial charge in [-0.15, -0.1) is 5.10 Å². The number of ether oxygens (including phenoxy) is 1. The van der Waals surface area contributed by atoms with Crippen molar-refractivity contribution in [3.05, 3.63) is 52.2 Å². The Kier molecular flexibility index (Phi) is 7.20. The number of hydrogen-bond donors (Lipinski definition) is 1. The van der Waals surface area contributed by atoms with Crippen LogP contribution in [0, 0.1) is 13.8 Å². The number of rotatable bonds is 6. The lowest BCUT2D eigenvalue weighted by molar-refractivity contribution is -0.122. The summed E-state index contributed by atoms with van der Waals surface area (Å²) in [6.07, 6.45) is 4.04. The molecule has 1 aromatic carbocycles. The van der Waals surface area contributed by atoms with Gasteiger partial charge in [-0.1, -0.05) is 29.5 Å². The zero-order valence-electron chi connectivity index (χ0n) is 19.5. The monoisotopic (exact) mass is 484 g/mol. The molecule has 1 N–H and O–H groups in total. The van der Waals surface area contributed by atoms with Crippen LogP contribution in [0.4, 0.5) is 4.79 Å². The minimum absolute atomic E-state index is 0.0665. The number of aromatic nitrogens is 4. The topological polar surface area (TPSA) is 111 Å². The molecule has 1 saturated heterocycles. The minimum atomic E-state index is -0.396. The maximum Gasteiger partial charge on any atom is 0.409 e. The summed E-state index contributed by atoms with van der Waals surface area (Å²) in [4.78, 5) is 44.4. The smallest absolute Gasteiger partial charge is 0.409 e. The maximum absolute atomic E-state index is 12.8. The molecular formula is C23H28N6O4S. The van der Waals surface area contributed by atoms with Gasteiger partial charge in [0.2, 0.25) is 5.91 Å². The Balaban J connectivity index is 1.43. The van der Waals surface area contributed by atoms with Gasteiger partial charge in [0.1, 0.15) is 11.6 Å². The van der Waals surface area contributed by atoms with E-state index in [0.717, 1.165) is 15.1 Å². The SMILES string of the molecule is CCOC(=O)N1CCC(NC(=O)Cn2nc3c(Sc4ccc(C)cc4C)nccn3c2=O)CC1. The summed E-state index contributed by atoms with van der Waals surface area (Å²) < 4.78 is 7.59. The molecule has 0 spiro atoms. The van der Waals surface area contributed by atoms with Crippen molar-refractivity contribution in [1.29, 1.82) is 0 Å². The van der Waals surface area contributed by atoms with E-state index < -0.39 is 5.69 Å². The van der Waals surface area contributed by atoms with E-state index in [0.29, 0.717) is 43.2 Å². The molecule has 11 heteroatoms. The van der Waals surface area contributed by atoms with E-state index in [9.17, 15) is 14.4 Å². The predicted octanol–water partition coefficient (Wildman–Crippen LogP) is 2.40. The van der Waals surface area contributed by atoms with Crippen LogP contribution >= 0.6 is 11.8 Å². The highest BCUT2D eigenvalue weighted by Gasteiger charge is 2.25. The van der Waals surface area contributed by atoms with Crippen LogP contribution in [-0.2, 0) is 16.1 Å². The van der Waals surface area contributed by atoms with E-state index >= 15 is 0 Å². The average Bonchev–Trinajstić information content (AvgIpc) is 3.12. The van der Waals surface area contributed by atoms with E-state index in [1.807, 2.05) is 26.0 Å². The normalized spacial score (nSPS) is 14.4. The van der Waals surface area contributed by atoms with Crippen molar-refractivity contribution in [3.63, 3.8) is 0 Å². The molecule has 0 saturated carbocycles. The molecular weight excluding hydrogens is 456 g/mol. The summed E-state index contributed by atoms with van der Waals surface area (Å²) in [5.41, 5.74) is 2.30. The first-order valence-corrected chi connectivity index (χ1v) is 12.1. The molecule has 34 heavy (non-hydrogen) atoms. The van der Waals surface area contributed by atoms with Gasteiger partial charge in [0.25, 0.3) is 0 Å². The summed E-state index contributed by atoms with van der Waals surface area (Å²) >= 11 is 1.44. The molecule has 2 amide bonds. The van der Waals surface area contributed by atoms with Crippen molar-refractivity contribution in [3.8, 4) is 0 Å². The Morgan fingerprint density at radius 2 is 2.00 bits per heavy atom. The summed E-state index contributed by atoms with van der Waals surface area (Å²) in [5.74, 6) is -0.295. The molecule has 0 bridgehead atoms. The number of carbonyl (C=O) groups is 2. The van der Waals surface area contributed by atoms with Crippen molar-refractivity contribution in [2.45, 2.75) is 56.1 Å². The number of benzene rings is 1. The largest absolute Gasteiger partial charge is 0.450 e. The standard InChI is InChI=1S/C23H28N6O4S/c1-4-33-23(32)27-10-7-17(8-11-27)25-19(30)14-29-22(31)28-12-9-24-21(20(28)26-29)34-18-6-5-15(2)13-16(18)3/h5-6,9,12-13,17H,4,7-8,10-11,14H2,1-3H3,(H,25,30). The molecule has 10 nitrogen and oxygen atoms in total. The molecule has 4 rings (SSSR count). The summed E-state index contributed by atoms with van der Waals surface area (Å²) in [7, 11) is 0. The second-order valence-corrected chi connectivity index (χ2v) is 9.30. The fourth-order valence-corrected chi connectivity index (χ4v) is 4.86. The zero-order valence-corrected chi connectivity index (χ0v) is 20.3. The number of fused-ring (bicyclic) bond motifs is 1. The molecule has 0 unspecified atom stereocenters. The number of amides is 2. The highest BCUT2D eigenvalue weighted by Crippen LogP contribution is 2.31. The second-order valence-electron chi connectivity index (χ2n) is 8.26. The summed E-state index contributed by atoms with van der Waals surface area (Å²) in [6.45, 7) is 7.02. The predicted molar refractivity (Wildman–Crippen MR) is 127 cm³/mol. The van der Waals surface area contributed by atoms with Crippen LogP contribution in [0.2, 0.25) is 0 Å². The van der Waals surface area contributed by atoms with E-state index in [-0.39, 0.29) is 24.6 Å². The first-order valence-electron chi connectivity index (χ1n) is 11.3. The first kappa shape index (κ1) is 23.8. The second kappa shape index (κ2) is 10.3. The van der Waals surface area contributed by atoms with E-state index in [4.69, 9.17) is 4.74 Å². The van der Waals surface area contributed by atoms with Gasteiger partial charge in [-0.2, -0.15) is 0 Å². The van der Waals surface area contributed by atoms with Gasteiger partial charge >= 0.3 is 11.8 Å². The van der Waals surface area contributed by atoms with Gasteiger partial charge in [-0.3, -0.25) is 4.79 Å². The lowest BCUT2D eigenvalue weighted by Crippen LogP contribution is -2.47. The third-order valence-corrected chi connectivity index (χ3v) is 6.85. The molecule has 1 aliphatic heterocycles. The Morgan fingerprint density at radius 3 is 2.71 bits per heavy atom. The third-order valence-electron chi connectivity index (χ3n) is 5.69. The lowest BCUT2D eigenvalue weighted by atomic mass is 10.1. The van der Waals surface area contributed by atoms with Crippen LogP contribution in [0.25, 0.3) is 5.65 Å². The highest BCUT2D eigenvalue weighted by atomic mass is 32.2. The molecule has 3 aromatic rings. The molecule has 180 valence electrons. The van der Waals surface area contributed by atoms with Gasteiger partial charge in [0.15, 0.2) is 5.65 Å². The molecule has 2 aromatic heterocycles. The van der Waals surface area contributed by atoms with Crippen LogP contribution in [0.15, 0.2) is 45.3 Å². The number of aryl methyl sites for hydroxylation is 2. The number of nitrogens with one attached hydrogen (secondary N) is 1. The summed E-state index contributed by atoms with van der Waals surface area (Å²) in [5, 5.41) is 7.94. The van der Waals surface area contributed by atoms with Gasteiger partial charge in [-0.25, -0.2) is 23.7 Å². The van der Waals surface area contributed by atoms with Crippen LogP contribution in [0.3, 0.4) is 0 Å². The number of piperidine rings is 1. The number of carbonyl (C=O) groups excluding carboxylic acids is 2. The molecule has 0 radical (unpaired) electrons. The molecule has 0 atom stereocenters. The average molecular weight is 485 g/mol. The Hall–Kier alpha value is -3.34. The maximum atomic E-state index is 12.8. The minimum Gasteiger partial charge on any atom is -0.450 e. The Bertz CT molecular complexity index is 1260. The van der Waals surface area contributed by atoms with Crippen LogP contribution in [-0.4, -0.2) is 61.8 Å². The lowest BCUT2D eigenvalue weighted by Gasteiger charge is -2.31. The van der Waals surface area contributed by atoms with Gasteiger partial charge in [0, 0.05) is 36.4 Å². The van der Waals surface area contributed by atoms with Crippen LogP contribution in [0.5, 0.6) is 0 Å². The van der Waals surface area contributed by atoms with Crippen molar-refractivity contribution >= 4 is 29.4 Å².